The Morgan fingerprint density at radius 2 is 1.88 bits per heavy atom. The van der Waals surface area contributed by atoms with Crippen LogP contribution in [0.15, 0.2) is 12.1 Å². The summed E-state index contributed by atoms with van der Waals surface area (Å²) in [7, 11) is 1.88. The Balaban J connectivity index is 1.39. The van der Waals surface area contributed by atoms with Crippen molar-refractivity contribution >= 4 is 23.4 Å². The van der Waals surface area contributed by atoms with E-state index in [9.17, 15) is 23.1 Å². The number of benzene rings is 1. The van der Waals surface area contributed by atoms with Crippen molar-refractivity contribution in [2.75, 3.05) is 35.7 Å². The van der Waals surface area contributed by atoms with E-state index in [-0.39, 0.29) is 35.9 Å². The van der Waals surface area contributed by atoms with Crippen molar-refractivity contribution in [3.63, 3.8) is 0 Å². The van der Waals surface area contributed by atoms with Gasteiger partial charge in [-0.3, -0.25) is 4.79 Å². The van der Waals surface area contributed by atoms with Gasteiger partial charge in [0, 0.05) is 20.1 Å². The lowest BCUT2D eigenvalue weighted by atomic mass is 9.98. The lowest BCUT2D eigenvalue weighted by Crippen LogP contribution is -2.57. The molecular weight excluding hydrogens is 437 g/mol. The summed E-state index contributed by atoms with van der Waals surface area (Å²) in [6.45, 7) is 6.64. The lowest BCUT2D eigenvalue weighted by molar-refractivity contribution is -0.134. The third kappa shape index (κ3) is 4.41. The SMILES string of the molecule is Cc1nc(NC2CN(C(=O)Cc3cc(F)c(F)c(F)c3)C2)nc2c1NC(O)[C@H](C(C)C)N2C. The number of amides is 1. The highest BCUT2D eigenvalue weighted by molar-refractivity contribution is 5.80. The molecule has 0 aliphatic carbocycles. The molecule has 2 aliphatic rings. The van der Waals surface area contributed by atoms with Gasteiger partial charge < -0.3 is 25.5 Å². The van der Waals surface area contributed by atoms with Crippen molar-refractivity contribution < 1.29 is 23.1 Å². The molecule has 1 aromatic carbocycles. The predicted molar refractivity (Wildman–Crippen MR) is 117 cm³/mol. The Morgan fingerprint density at radius 3 is 2.48 bits per heavy atom. The Kier molecular flexibility index (Phi) is 6.08. The second-order valence-electron chi connectivity index (χ2n) is 8.96. The molecule has 2 aromatic rings. The molecule has 1 amide bonds. The van der Waals surface area contributed by atoms with Gasteiger partial charge in [-0.15, -0.1) is 0 Å². The molecule has 0 radical (unpaired) electrons. The summed E-state index contributed by atoms with van der Waals surface area (Å²) >= 11 is 0. The minimum atomic E-state index is -1.55. The Labute approximate surface area is 189 Å². The first kappa shape index (κ1) is 23.1. The third-order valence-electron chi connectivity index (χ3n) is 6.12. The van der Waals surface area contributed by atoms with E-state index in [1.807, 2.05) is 32.7 Å². The van der Waals surface area contributed by atoms with Crippen LogP contribution in [0.4, 0.5) is 30.6 Å². The summed E-state index contributed by atoms with van der Waals surface area (Å²) in [6, 6.07) is 1.43. The largest absolute Gasteiger partial charge is 0.372 e. The van der Waals surface area contributed by atoms with E-state index in [0.29, 0.717) is 36.2 Å². The number of aromatic nitrogens is 2. The maximum absolute atomic E-state index is 13.4. The van der Waals surface area contributed by atoms with Gasteiger partial charge in [-0.25, -0.2) is 18.2 Å². The number of aliphatic hydroxyl groups excluding tert-OH is 1. The first-order valence-corrected chi connectivity index (χ1v) is 10.8. The molecule has 2 atom stereocenters. The zero-order valence-electron chi connectivity index (χ0n) is 18.9. The van der Waals surface area contributed by atoms with Gasteiger partial charge in [0.15, 0.2) is 23.3 Å². The number of rotatable bonds is 5. The second kappa shape index (κ2) is 8.69. The standard InChI is InChI=1S/C22H27F3N6O2/c1-10(2)19-21(33)28-18-11(3)26-22(29-20(18)30(19)4)27-13-8-31(9-13)16(32)7-12-5-14(23)17(25)15(24)6-12/h5-6,10,13,19,21,28,33H,7-9H2,1-4H3,(H,26,27,29)/t19-,21?/m0/s1. The zero-order valence-corrected chi connectivity index (χ0v) is 18.9. The quantitative estimate of drug-likeness (QED) is 0.585. The molecule has 1 unspecified atom stereocenters. The number of likely N-dealkylation sites (tertiary alicyclic amines) is 1. The molecule has 11 heteroatoms. The van der Waals surface area contributed by atoms with Gasteiger partial charge in [-0.2, -0.15) is 4.98 Å². The highest BCUT2D eigenvalue weighted by Crippen LogP contribution is 2.35. The normalized spacial score (nSPS) is 20.4. The van der Waals surface area contributed by atoms with Crippen molar-refractivity contribution in [1.82, 2.24) is 14.9 Å². The number of carbonyl (C=O) groups is 1. The summed E-state index contributed by atoms with van der Waals surface area (Å²) in [5, 5.41) is 16.8. The number of likely N-dealkylation sites (N-methyl/N-ethyl adjacent to an activating group) is 1. The average Bonchev–Trinajstić information content (AvgIpc) is 2.69. The molecule has 3 N–H and O–H groups in total. The maximum atomic E-state index is 13.4. The van der Waals surface area contributed by atoms with Crippen LogP contribution < -0.4 is 15.5 Å². The van der Waals surface area contributed by atoms with Gasteiger partial charge in [0.2, 0.25) is 11.9 Å². The van der Waals surface area contributed by atoms with Gasteiger partial charge in [0.1, 0.15) is 11.9 Å². The molecule has 1 aromatic heterocycles. The monoisotopic (exact) mass is 464 g/mol. The summed E-state index contributed by atoms with van der Waals surface area (Å²) in [5.41, 5.74) is 1.44. The Hall–Kier alpha value is -3.08. The summed E-state index contributed by atoms with van der Waals surface area (Å²) in [6.07, 6.45) is -0.956. The molecule has 3 heterocycles. The summed E-state index contributed by atoms with van der Waals surface area (Å²) < 4.78 is 39.8. The van der Waals surface area contributed by atoms with Crippen LogP contribution in [0.2, 0.25) is 0 Å². The van der Waals surface area contributed by atoms with E-state index in [4.69, 9.17) is 0 Å². The van der Waals surface area contributed by atoms with Crippen LogP contribution in [0.5, 0.6) is 0 Å². The van der Waals surface area contributed by atoms with E-state index in [1.165, 1.54) is 0 Å². The topological polar surface area (TPSA) is 93.6 Å². The zero-order chi connectivity index (χ0) is 24.0. The van der Waals surface area contributed by atoms with Crippen molar-refractivity contribution in [3.8, 4) is 0 Å². The number of halogens is 3. The van der Waals surface area contributed by atoms with Crippen molar-refractivity contribution in [3.05, 3.63) is 40.8 Å². The number of fused-ring (bicyclic) bond motifs is 1. The molecule has 4 rings (SSSR count). The molecule has 2 aliphatic heterocycles. The molecule has 0 bridgehead atoms. The van der Waals surface area contributed by atoms with Gasteiger partial charge in [0.25, 0.3) is 0 Å². The number of aliphatic hydroxyl groups is 1. The number of aryl methyl sites for hydroxylation is 1. The molecule has 0 spiro atoms. The molecule has 8 nitrogen and oxygen atoms in total. The van der Waals surface area contributed by atoms with Gasteiger partial charge in [-0.05, 0) is 30.5 Å². The Bertz CT molecular complexity index is 1050. The predicted octanol–water partition coefficient (Wildman–Crippen LogP) is 2.27. The number of nitrogens with zero attached hydrogens (tertiary/aromatic N) is 4. The molecule has 178 valence electrons. The van der Waals surface area contributed by atoms with Gasteiger partial charge in [-0.1, -0.05) is 13.8 Å². The highest BCUT2D eigenvalue weighted by Gasteiger charge is 2.36. The minimum Gasteiger partial charge on any atom is -0.372 e. The van der Waals surface area contributed by atoms with Crippen LogP contribution in [0.3, 0.4) is 0 Å². The van der Waals surface area contributed by atoms with E-state index in [2.05, 4.69) is 20.6 Å². The van der Waals surface area contributed by atoms with Crippen LogP contribution in [-0.2, 0) is 11.2 Å². The number of nitrogens with one attached hydrogen (secondary N) is 2. The van der Waals surface area contributed by atoms with Gasteiger partial charge in [0.05, 0.1) is 24.2 Å². The smallest absolute Gasteiger partial charge is 0.227 e. The number of hydrogen-bond donors (Lipinski definition) is 3. The number of anilines is 3. The maximum Gasteiger partial charge on any atom is 0.227 e. The van der Waals surface area contributed by atoms with Crippen LogP contribution >= 0.6 is 0 Å². The molecule has 1 saturated heterocycles. The summed E-state index contributed by atoms with van der Waals surface area (Å²) in [4.78, 5) is 25.0. The lowest BCUT2D eigenvalue weighted by Gasteiger charge is -2.42. The van der Waals surface area contributed by atoms with Crippen LogP contribution in [0.25, 0.3) is 0 Å². The fourth-order valence-corrected chi connectivity index (χ4v) is 4.40. The van der Waals surface area contributed by atoms with Crippen molar-refractivity contribution in [2.24, 2.45) is 5.92 Å². The molecule has 1 fully saturated rings. The second-order valence-corrected chi connectivity index (χ2v) is 8.96. The van der Waals surface area contributed by atoms with E-state index in [1.54, 1.807) is 4.90 Å². The molecular formula is C22H27F3N6O2. The first-order valence-electron chi connectivity index (χ1n) is 10.8. The average molecular weight is 464 g/mol. The minimum absolute atomic E-state index is 0.0820. The van der Waals surface area contributed by atoms with E-state index < -0.39 is 23.7 Å². The summed E-state index contributed by atoms with van der Waals surface area (Å²) in [5.74, 6) is -3.19. The third-order valence-corrected chi connectivity index (χ3v) is 6.12. The van der Waals surface area contributed by atoms with Crippen LogP contribution in [0.1, 0.15) is 25.1 Å². The highest BCUT2D eigenvalue weighted by atomic mass is 19.2. The van der Waals surface area contributed by atoms with E-state index in [0.717, 1.165) is 12.1 Å². The molecule has 33 heavy (non-hydrogen) atoms. The number of hydrogen-bond acceptors (Lipinski definition) is 7. The van der Waals surface area contributed by atoms with Crippen LogP contribution in [-0.4, -0.2) is 64.3 Å². The van der Waals surface area contributed by atoms with Crippen molar-refractivity contribution in [1.29, 1.82) is 0 Å². The first-order chi connectivity index (χ1) is 15.5. The Morgan fingerprint density at radius 1 is 1.24 bits per heavy atom. The van der Waals surface area contributed by atoms with Crippen molar-refractivity contribution in [2.45, 2.75) is 45.5 Å². The fraction of sp³-hybridized carbons (Fsp3) is 0.500. The number of carbonyl (C=O) groups excluding carboxylic acids is 1. The van der Waals surface area contributed by atoms with E-state index >= 15 is 0 Å². The van der Waals surface area contributed by atoms with Crippen LogP contribution in [0, 0.1) is 30.3 Å². The fourth-order valence-electron chi connectivity index (χ4n) is 4.40. The van der Waals surface area contributed by atoms with Gasteiger partial charge >= 0.3 is 0 Å². The molecule has 0 saturated carbocycles.